The fraction of sp³-hybridized carbons (Fsp3) is 1.00. The maximum absolute atomic E-state index is 6.70. The zero-order valence-electron chi connectivity index (χ0n) is 12.7. The molecule has 2 saturated heterocycles. The zero-order valence-corrected chi connectivity index (χ0v) is 12.7. The van der Waals surface area contributed by atoms with Crippen molar-refractivity contribution in [2.75, 3.05) is 26.4 Å². The van der Waals surface area contributed by atoms with Crippen molar-refractivity contribution >= 4 is 0 Å². The number of hydrogen-bond acceptors (Lipinski definition) is 4. The van der Waals surface area contributed by atoms with Crippen LogP contribution in [0.3, 0.4) is 0 Å². The normalized spacial score (nSPS) is 38.4. The van der Waals surface area contributed by atoms with E-state index in [2.05, 4.69) is 6.92 Å². The highest BCUT2D eigenvalue weighted by atomic mass is 16.6. The Hall–Kier alpha value is -0.160. The average molecular weight is 283 g/mol. The van der Waals surface area contributed by atoms with Crippen LogP contribution < -0.4 is 5.73 Å². The Morgan fingerprint density at radius 3 is 2.70 bits per heavy atom. The van der Waals surface area contributed by atoms with Gasteiger partial charge in [0.1, 0.15) is 0 Å². The highest BCUT2D eigenvalue weighted by Gasteiger charge is 2.49. The van der Waals surface area contributed by atoms with Gasteiger partial charge in [0.25, 0.3) is 0 Å². The molecule has 0 bridgehead atoms. The van der Waals surface area contributed by atoms with Crippen molar-refractivity contribution in [3.63, 3.8) is 0 Å². The van der Waals surface area contributed by atoms with Gasteiger partial charge in [-0.25, -0.2) is 0 Å². The molecular formula is C16H29NO3. The number of nitrogens with two attached hydrogens (primary N) is 1. The summed E-state index contributed by atoms with van der Waals surface area (Å²) in [6, 6.07) is 0.145. The van der Waals surface area contributed by atoms with E-state index in [1.54, 1.807) is 0 Å². The van der Waals surface area contributed by atoms with E-state index < -0.39 is 0 Å². The van der Waals surface area contributed by atoms with Crippen LogP contribution in [0.15, 0.2) is 0 Å². The largest absolute Gasteiger partial charge is 0.378 e. The topological polar surface area (TPSA) is 53.7 Å². The van der Waals surface area contributed by atoms with E-state index in [0.717, 1.165) is 58.5 Å². The minimum atomic E-state index is -0.0720. The van der Waals surface area contributed by atoms with Crippen molar-refractivity contribution in [3.05, 3.63) is 0 Å². The van der Waals surface area contributed by atoms with Gasteiger partial charge in [0.05, 0.1) is 17.8 Å². The summed E-state index contributed by atoms with van der Waals surface area (Å²) in [5.74, 6) is 0.509. The van der Waals surface area contributed by atoms with Crippen molar-refractivity contribution in [3.8, 4) is 0 Å². The first kappa shape index (κ1) is 14.8. The van der Waals surface area contributed by atoms with Gasteiger partial charge in [0.15, 0.2) is 0 Å². The third-order valence-electron chi connectivity index (χ3n) is 5.60. The lowest BCUT2D eigenvalue weighted by molar-refractivity contribution is -0.126. The molecule has 4 heteroatoms. The molecule has 3 rings (SSSR count). The lowest BCUT2D eigenvalue weighted by Gasteiger charge is -2.45. The van der Waals surface area contributed by atoms with Gasteiger partial charge in [-0.05, 0) is 38.5 Å². The molecule has 0 aromatic rings. The fourth-order valence-corrected chi connectivity index (χ4v) is 4.50. The van der Waals surface area contributed by atoms with Crippen molar-refractivity contribution in [1.82, 2.24) is 0 Å². The summed E-state index contributed by atoms with van der Waals surface area (Å²) in [7, 11) is 0. The van der Waals surface area contributed by atoms with Crippen LogP contribution in [0.1, 0.15) is 51.9 Å². The molecule has 3 atom stereocenters. The van der Waals surface area contributed by atoms with Gasteiger partial charge in [-0.2, -0.15) is 0 Å². The predicted molar refractivity (Wildman–Crippen MR) is 77.6 cm³/mol. The fourth-order valence-electron chi connectivity index (χ4n) is 4.50. The van der Waals surface area contributed by atoms with Crippen LogP contribution in [0.25, 0.3) is 0 Å². The Labute approximate surface area is 122 Å². The molecule has 0 aromatic carbocycles. The monoisotopic (exact) mass is 283 g/mol. The van der Waals surface area contributed by atoms with Crippen molar-refractivity contribution < 1.29 is 14.2 Å². The molecule has 2 N–H and O–H groups in total. The first-order chi connectivity index (χ1) is 9.70. The van der Waals surface area contributed by atoms with Crippen LogP contribution in [0, 0.1) is 5.92 Å². The summed E-state index contributed by atoms with van der Waals surface area (Å²) in [6.45, 7) is 5.26. The van der Waals surface area contributed by atoms with Gasteiger partial charge in [-0.15, -0.1) is 0 Å². The SMILES string of the molecule is CCOC1(C(N)C2CCOC3(CCOC3)C2)CCCC1. The van der Waals surface area contributed by atoms with E-state index in [4.69, 9.17) is 19.9 Å². The molecule has 1 aliphatic carbocycles. The molecule has 3 fully saturated rings. The van der Waals surface area contributed by atoms with E-state index in [1.165, 1.54) is 12.8 Å². The summed E-state index contributed by atoms with van der Waals surface area (Å²) in [5.41, 5.74) is 6.58. The second-order valence-electron chi connectivity index (χ2n) is 6.82. The Bertz CT molecular complexity index is 322. The number of rotatable bonds is 4. The van der Waals surface area contributed by atoms with Crippen molar-refractivity contribution in [1.29, 1.82) is 0 Å². The molecule has 1 saturated carbocycles. The molecule has 2 aliphatic heterocycles. The maximum Gasteiger partial charge on any atom is 0.0939 e. The van der Waals surface area contributed by atoms with Gasteiger partial charge in [-0.1, -0.05) is 12.8 Å². The first-order valence-electron chi connectivity index (χ1n) is 8.31. The van der Waals surface area contributed by atoms with Gasteiger partial charge in [0, 0.05) is 32.3 Å². The van der Waals surface area contributed by atoms with Crippen LogP contribution in [-0.4, -0.2) is 43.7 Å². The van der Waals surface area contributed by atoms with Crippen LogP contribution in [0.5, 0.6) is 0 Å². The number of hydrogen-bond donors (Lipinski definition) is 1. The molecule has 0 aromatic heterocycles. The Morgan fingerprint density at radius 1 is 1.25 bits per heavy atom. The Kier molecular flexibility index (Phi) is 4.37. The minimum absolute atomic E-state index is 0.0491. The number of ether oxygens (including phenoxy) is 3. The van der Waals surface area contributed by atoms with E-state index in [0.29, 0.717) is 5.92 Å². The van der Waals surface area contributed by atoms with Gasteiger partial charge in [-0.3, -0.25) is 0 Å². The average Bonchev–Trinajstić information content (AvgIpc) is 3.10. The summed E-state index contributed by atoms with van der Waals surface area (Å²) in [5, 5.41) is 0. The van der Waals surface area contributed by atoms with Crippen LogP contribution >= 0.6 is 0 Å². The molecule has 4 nitrogen and oxygen atoms in total. The standard InChI is InChI=1S/C16H29NO3/c1-2-19-16(6-3-4-7-16)14(17)13-5-9-20-15(11-13)8-10-18-12-15/h13-14H,2-12,17H2,1H3. The second-order valence-corrected chi connectivity index (χ2v) is 6.82. The highest BCUT2D eigenvalue weighted by molar-refractivity contribution is 5.02. The van der Waals surface area contributed by atoms with Gasteiger partial charge < -0.3 is 19.9 Å². The molecule has 1 spiro atoms. The molecule has 0 amide bonds. The molecular weight excluding hydrogens is 254 g/mol. The zero-order chi connectivity index (χ0) is 14.1. The van der Waals surface area contributed by atoms with E-state index in [1.807, 2.05) is 0 Å². The van der Waals surface area contributed by atoms with Crippen LogP contribution in [0.2, 0.25) is 0 Å². The van der Waals surface area contributed by atoms with Crippen molar-refractivity contribution in [2.24, 2.45) is 11.7 Å². The van der Waals surface area contributed by atoms with E-state index >= 15 is 0 Å². The summed E-state index contributed by atoms with van der Waals surface area (Å²) < 4.78 is 17.8. The molecule has 0 radical (unpaired) electrons. The third-order valence-corrected chi connectivity index (χ3v) is 5.60. The third kappa shape index (κ3) is 2.63. The highest BCUT2D eigenvalue weighted by Crippen LogP contribution is 2.43. The maximum atomic E-state index is 6.70. The smallest absolute Gasteiger partial charge is 0.0939 e. The molecule has 3 aliphatic rings. The molecule has 116 valence electrons. The quantitative estimate of drug-likeness (QED) is 0.860. The van der Waals surface area contributed by atoms with E-state index in [9.17, 15) is 0 Å². The van der Waals surface area contributed by atoms with Crippen molar-refractivity contribution in [2.45, 2.75) is 69.1 Å². The van der Waals surface area contributed by atoms with Crippen LogP contribution in [-0.2, 0) is 14.2 Å². The Balaban J connectivity index is 1.70. The molecule has 20 heavy (non-hydrogen) atoms. The molecule has 2 heterocycles. The predicted octanol–water partition coefficient (Wildman–Crippen LogP) is 2.25. The summed E-state index contributed by atoms with van der Waals surface area (Å²) in [4.78, 5) is 0. The second kappa shape index (κ2) is 5.91. The lowest BCUT2D eigenvalue weighted by Crippen LogP contribution is -2.56. The Morgan fingerprint density at radius 2 is 2.05 bits per heavy atom. The minimum Gasteiger partial charge on any atom is -0.378 e. The van der Waals surface area contributed by atoms with Gasteiger partial charge in [0.2, 0.25) is 0 Å². The van der Waals surface area contributed by atoms with Gasteiger partial charge >= 0.3 is 0 Å². The molecule has 3 unspecified atom stereocenters. The summed E-state index contributed by atoms with van der Waals surface area (Å²) >= 11 is 0. The summed E-state index contributed by atoms with van der Waals surface area (Å²) in [6.07, 6.45) is 7.90. The van der Waals surface area contributed by atoms with Crippen LogP contribution in [0.4, 0.5) is 0 Å². The lowest BCUT2D eigenvalue weighted by atomic mass is 9.75. The van der Waals surface area contributed by atoms with E-state index in [-0.39, 0.29) is 17.2 Å². The first-order valence-corrected chi connectivity index (χ1v) is 8.31.